The van der Waals surface area contributed by atoms with Crippen LogP contribution in [0.25, 0.3) is 11.4 Å². The van der Waals surface area contributed by atoms with Gasteiger partial charge in [0.2, 0.25) is 5.13 Å². The Morgan fingerprint density at radius 2 is 2.19 bits per heavy atom. The minimum atomic E-state index is 0.371. The smallest absolute Gasteiger partial charge is 0.203 e. The lowest BCUT2D eigenvalue weighted by Gasteiger charge is -2.03. The fourth-order valence-electron chi connectivity index (χ4n) is 1.34. The molecule has 0 aliphatic heterocycles. The van der Waals surface area contributed by atoms with Crippen molar-refractivity contribution in [3.05, 3.63) is 24.0 Å². The van der Waals surface area contributed by atoms with Crippen LogP contribution in [0.15, 0.2) is 18.5 Å². The molecular weight excluding hydrogens is 220 g/mol. The minimum Gasteiger partial charge on any atom is -0.358 e. The minimum absolute atomic E-state index is 0.371. The number of anilines is 1. The van der Waals surface area contributed by atoms with E-state index in [1.807, 2.05) is 13.0 Å². The first-order valence-electron chi connectivity index (χ1n) is 5.18. The van der Waals surface area contributed by atoms with Crippen LogP contribution in [0.3, 0.4) is 0 Å². The van der Waals surface area contributed by atoms with Crippen LogP contribution in [-0.2, 0) is 0 Å². The molecule has 0 atom stereocenters. The number of pyridine rings is 1. The Bertz CT molecular complexity index is 478. The second-order valence-corrected chi connectivity index (χ2v) is 4.66. The van der Waals surface area contributed by atoms with Crippen molar-refractivity contribution >= 4 is 16.7 Å². The van der Waals surface area contributed by atoms with Gasteiger partial charge in [-0.3, -0.25) is 4.98 Å². The van der Waals surface area contributed by atoms with E-state index in [1.54, 1.807) is 12.4 Å². The largest absolute Gasteiger partial charge is 0.358 e. The highest BCUT2D eigenvalue weighted by atomic mass is 32.1. The van der Waals surface area contributed by atoms with Gasteiger partial charge in [0.15, 0.2) is 5.82 Å². The van der Waals surface area contributed by atoms with Crippen molar-refractivity contribution in [1.82, 2.24) is 14.3 Å². The van der Waals surface area contributed by atoms with Gasteiger partial charge in [-0.25, -0.2) is 0 Å². The molecule has 0 bridgehead atoms. The summed E-state index contributed by atoms with van der Waals surface area (Å²) in [5, 5.41) is 4.09. The van der Waals surface area contributed by atoms with Crippen LogP contribution < -0.4 is 5.32 Å². The molecule has 2 aromatic heterocycles. The molecule has 2 heterocycles. The fraction of sp³-hybridized carbons (Fsp3) is 0.364. The molecule has 0 saturated heterocycles. The summed E-state index contributed by atoms with van der Waals surface area (Å²) in [4.78, 5) is 8.53. The molecule has 0 aliphatic rings. The van der Waals surface area contributed by atoms with Crippen LogP contribution >= 0.6 is 11.5 Å². The molecule has 84 valence electrons. The Labute approximate surface area is 98.9 Å². The Hall–Kier alpha value is -1.49. The number of nitrogens with one attached hydrogen (secondary N) is 1. The van der Waals surface area contributed by atoms with Crippen molar-refractivity contribution < 1.29 is 0 Å². The number of aryl methyl sites for hydroxylation is 1. The van der Waals surface area contributed by atoms with Gasteiger partial charge < -0.3 is 5.32 Å². The highest BCUT2D eigenvalue weighted by molar-refractivity contribution is 7.09. The van der Waals surface area contributed by atoms with Gasteiger partial charge in [0.1, 0.15) is 0 Å². The average molecular weight is 234 g/mol. The molecule has 0 unspecified atom stereocenters. The van der Waals surface area contributed by atoms with E-state index in [-0.39, 0.29) is 0 Å². The Balaban J connectivity index is 2.28. The highest BCUT2D eigenvalue weighted by Gasteiger charge is 2.09. The van der Waals surface area contributed by atoms with E-state index in [9.17, 15) is 0 Å². The zero-order valence-corrected chi connectivity index (χ0v) is 10.4. The Morgan fingerprint density at radius 1 is 1.38 bits per heavy atom. The molecule has 0 radical (unpaired) electrons. The van der Waals surface area contributed by atoms with Gasteiger partial charge >= 0.3 is 0 Å². The van der Waals surface area contributed by atoms with E-state index < -0.39 is 0 Å². The molecule has 2 aromatic rings. The third-order valence-electron chi connectivity index (χ3n) is 2.12. The molecule has 2 rings (SSSR count). The summed E-state index contributed by atoms with van der Waals surface area (Å²) in [6, 6.07) is 2.34. The van der Waals surface area contributed by atoms with Crippen molar-refractivity contribution in [1.29, 1.82) is 0 Å². The van der Waals surface area contributed by atoms with E-state index in [2.05, 4.69) is 33.5 Å². The number of rotatable bonds is 3. The predicted molar refractivity (Wildman–Crippen MR) is 66.6 cm³/mol. The quantitative estimate of drug-likeness (QED) is 0.887. The average Bonchev–Trinajstić information content (AvgIpc) is 2.66. The lowest BCUT2D eigenvalue weighted by Crippen LogP contribution is -2.09. The summed E-state index contributed by atoms with van der Waals surface area (Å²) >= 11 is 1.38. The van der Waals surface area contributed by atoms with Crippen LogP contribution in [0.4, 0.5) is 5.13 Å². The van der Waals surface area contributed by atoms with Crippen molar-refractivity contribution in [2.75, 3.05) is 5.32 Å². The monoisotopic (exact) mass is 234 g/mol. The lowest BCUT2D eigenvalue weighted by atomic mass is 10.1. The summed E-state index contributed by atoms with van der Waals surface area (Å²) in [7, 11) is 0. The van der Waals surface area contributed by atoms with E-state index in [0.717, 1.165) is 22.1 Å². The van der Waals surface area contributed by atoms with E-state index in [1.165, 1.54) is 11.5 Å². The molecule has 0 saturated carbocycles. The normalized spacial score (nSPS) is 10.8. The molecule has 1 N–H and O–H groups in total. The maximum absolute atomic E-state index is 4.44. The molecule has 0 fully saturated rings. The summed E-state index contributed by atoms with van der Waals surface area (Å²) in [5.74, 6) is 0.749. The van der Waals surface area contributed by atoms with Crippen molar-refractivity contribution in [2.45, 2.75) is 26.8 Å². The lowest BCUT2D eigenvalue weighted by molar-refractivity contribution is 0.896. The van der Waals surface area contributed by atoms with E-state index >= 15 is 0 Å². The molecule has 0 aromatic carbocycles. The van der Waals surface area contributed by atoms with Gasteiger partial charge in [0, 0.05) is 35.5 Å². The summed E-state index contributed by atoms with van der Waals surface area (Å²) in [6.07, 6.45) is 3.58. The second kappa shape index (κ2) is 4.57. The SMILES string of the molecule is Cc1ccncc1-c1nsc(NC(C)C)n1. The number of hydrogen-bond acceptors (Lipinski definition) is 5. The number of aromatic nitrogens is 3. The standard InChI is InChI=1S/C11H14N4S/c1-7(2)13-11-14-10(15-16-11)9-6-12-5-4-8(9)3/h4-7H,1-3H3,(H,13,14,15). The third kappa shape index (κ3) is 2.36. The first-order valence-corrected chi connectivity index (χ1v) is 5.95. The Morgan fingerprint density at radius 3 is 2.88 bits per heavy atom. The van der Waals surface area contributed by atoms with Gasteiger partial charge in [0.25, 0.3) is 0 Å². The van der Waals surface area contributed by atoms with Crippen LogP contribution in [0, 0.1) is 6.92 Å². The van der Waals surface area contributed by atoms with Crippen LogP contribution in [0.5, 0.6) is 0 Å². The van der Waals surface area contributed by atoms with Gasteiger partial charge in [-0.1, -0.05) is 0 Å². The fourth-order valence-corrected chi connectivity index (χ4v) is 2.06. The van der Waals surface area contributed by atoms with Crippen molar-refractivity contribution in [2.24, 2.45) is 0 Å². The van der Waals surface area contributed by atoms with Gasteiger partial charge in [0.05, 0.1) is 0 Å². The van der Waals surface area contributed by atoms with Crippen LogP contribution in [0.2, 0.25) is 0 Å². The first-order chi connectivity index (χ1) is 7.66. The van der Waals surface area contributed by atoms with Gasteiger partial charge in [-0.05, 0) is 32.4 Å². The molecule has 4 nitrogen and oxygen atoms in total. The van der Waals surface area contributed by atoms with Crippen molar-refractivity contribution in [3.8, 4) is 11.4 Å². The second-order valence-electron chi connectivity index (χ2n) is 3.91. The zero-order valence-electron chi connectivity index (χ0n) is 9.56. The van der Waals surface area contributed by atoms with Gasteiger partial charge in [-0.15, -0.1) is 0 Å². The highest BCUT2D eigenvalue weighted by Crippen LogP contribution is 2.23. The van der Waals surface area contributed by atoms with Crippen molar-refractivity contribution in [3.63, 3.8) is 0 Å². The molecule has 0 spiro atoms. The zero-order chi connectivity index (χ0) is 11.5. The third-order valence-corrected chi connectivity index (χ3v) is 2.76. The maximum atomic E-state index is 4.44. The molecule has 0 aliphatic carbocycles. The number of hydrogen-bond donors (Lipinski definition) is 1. The molecule has 0 amide bonds. The molecule has 16 heavy (non-hydrogen) atoms. The van der Waals surface area contributed by atoms with Crippen LogP contribution in [-0.4, -0.2) is 20.4 Å². The van der Waals surface area contributed by atoms with E-state index in [4.69, 9.17) is 0 Å². The molecular formula is C11H14N4S. The van der Waals surface area contributed by atoms with Gasteiger partial charge in [-0.2, -0.15) is 9.36 Å². The maximum Gasteiger partial charge on any atom is 0.203 e. The predicted octanol–water partition coefficient (Wildman–Crippen LogP) is 2.73. The Kier molecular flexibility index (Phi) is 3.14. The molecule has 5 heteroatoms. The summed E-state index contributed by atoms with van der Waals surface area (Å²) in [6.45, 7) is 6.19. The number of nitrogens with zero attached hydrogens (tertiary/aromatic N) is 3. The van der Waals surface area contributed by atoms with E-state index in [0.29, 0.717) is 6.04 Å². The summed E-state index contributed by atoms with van der Waals surface area (Å²) in [5.41, 5.74) is 2.14. The topological polar surface area (TPSA) is 50.7 Å². The summed E-state index contributed by atoms with van der Waals surface area (Å²) < 4.78 is 4.33. The first kappa shape index (κ1) is 11.0. The van der Waals surface area contributed by atoms with Crippen LogP contribution in [0.1, 0.15) is 19.4 Å².